The first-order chi connectivity index (χ1) is 43.1. The van der Waals surface area contributed by atoms with Gasteiger partial charge in [0.25, 0.3) is 0 Å². The summed E-state index contributed by atoms with van der Waals surface area (Å²) in [5.41, 5.74) is 6.04. The molecule has 0 radical (unpaired) electrons. The van der Waals surface area contributed by atoms with E-state index in [9.17, 15) is 19.2 Å². The Balaban J connectivity index is 0.678. The Morgan fingerprint density at radius 3 is 1.03 bits per heavy atom. The highest BCUT2D eigenvalue weighted by Gasteiger charge is 2.38. The number of carbonyl (C=O) groups excluding carboxylic acids is 4. The predicted octanol–water partition coefficient (Wildman–Crippen LogP) is 13.5. The molecule has 0 bridgehead atoms. The van der Waals surface area contributed by atoms with Crippen LogP contribution in [0.3, 0.4) is 0 Å². The van der Waals surface area contributed by atoms with Crippen molar-refractivity contribution in [2.24, 2.45) is 0 Å². The van der Waals surface area contributed by atoms with Crippen molar-refractivity contribution >= 4 is 66.9 Å². The van der Waals surface area contributed by atoms with Crippen molar-refractivity contribution in [2.75, 3.05) is 95.6 Å². The number of hydrogen-bond donors (Lipinski definition) is 2. The number of esters is 2. The number of hydrogen-bond acceptors (Lipinski definition) is 15. The van der Waals surface area contributed by atoms with Gasteiger partial charge < -0.3 is 43.8 Å². The lowest BCUT2D eigenvalue weighted by Crippen LogP contribution is -2.33. The number of benzene rings is 6. The van der Waals surface area contributed by atoms with E-state index in [0.717, 1.165) is 56.4 Å². The Morgan fingerprint density at radius 2 is 0.670 bits per heavy atom. The second-order valence-corrected chi connectivity index (χ2v) is 26.7. The molecule has 2 N–H and O–H groups in total. The van der Waals surface area contributed by atoms with Gasteiger partial charge >= 0.3 is 11.9 Å². The van der Waals surface area contributed by atoms with Crippen molar-refractivity contribution in [3.05, 3.63) is 215 Å². The van der Waals surface area contributed by atoms with Crippen LogP contribution in [0.25, 0.3) is 0 Å². The molecule has 0 spiro atoms. The lowest BCUT2D eigenvalue weighted by atomic mass is 9.66. The molecule has 0 aliphatic heterocycles. The molecule has 0 saturated carbocycles. The number of rotatable bonds is 46. The van der Waals surface area contributed by atoms with E-state index >= 15 is 0 Å². The second-order valence-electron chi connectivity index (χ2n) is 21.3. The van der Waals surface area contributed by atoms with Gasteiger partial charge in [0.05, 0.1) is 64.6 Å². The number of carbonyl (C=O) groups is 4. The highest BCUT2D eigenvalue weighted by Crippen LogP contribution is 2.44. The minimum Gasteiger partial charge on any atom is -0.463 e. The summed E-state index contributed by atoms with van der Waals surface area (Å²) in [6.07, 6.45) is 3.67. The minimum absolute atomic E-state index is 0.0311. The third-order valence-corrected chi connectivity index (χ3v) is 19.6. The van der Waals surface area contributed by atoms with E-state index in [4.69, 9.17) is 33.2 Å². The van der Waals surface area contributed by atoms with Gasteiger partial charge in [0.15, 0.2) is 0 Å². The second kappa shape index (κ2) is 42.4. The number of amides is 2. The third kappa shape index (κ3) is 25.7. The van der Waals surface area contributed by atoms with Crippen LogP contribution in [-0.2, 0) is 63.2 Å². The molecule has 6 rings (SSSR count). The van der Waals surface area contributed by atoms with Crippen LogP contribution in [0.5, 0.6) is 0 Å². The van der Waals surface area contributed by atoms with E-state index < -0.39 is 10.8 Å². The van der Waals surface area contributed by atoms with Gasteiger partial charge in [0.1, 0.15) is 13.2 Å². The molecule has 2 amide bonds. The van der Waals surface area contributed by atoms with Crippen molar-refractivity contribution < 1.29 is 52.3 Å². The molecular weight excluding hydrogens is 1190 g/mol. The molecule has 0 aliphatic carbocycles. The molecule has 0 heterocycles. The van der Waals surface area contributed by atoms with Gasteiger partial charge in [-0.25, -0.2) is 0 Å². The van der Waals surface area contributed by atoms with Crippen LogP contribution in [-0.4, -0.2) is 138 Å². The zero-order valence-corrected chi connectivity index (χ0v) is 54.7. The Labute approximate surface area is 538 Å². The molecule has 0 fully saturated rings. The average molecular weight is 1280 g/mol. The summed E-state index contributed by atoms with van der Waals surface area (Å²) in [6, 6.07) is 62.7. The molecule has 88 heavy (non-hydrogen) atoms. The summed E-state index contributed by atoms with van der Waals surface area (Å²) in [5, 5.41) is 6.23. The lowest BCUT2D eigenvalue weighted by molar-refractivity contribution is -0.146. The van der Waals surface area contributed by atoms with Gasteiger partial charge in [-0.05, 0) is 79.8 Å². The van der Waals surface area contributed by atoms with Gasteiger partial charge in [0.2, 0.25) is 11.8 Å². The molecule has 17 heteroatoms. The van der Waals surface area contributed by atoms with E-state index in [2.05, 4.69) is 156 Å². The zero-order valence-electron chi connectivity index (χ0n) is 51.4. The Kier molecular flexibility index (Phi) is 34.4. The molecular formula is C71H90N2O11S4. The van der Waals surface area contributed by atoms with E-state index in [1.807, 2.05) is 57.2 Å². The SMILES string of the molecule is CC(COCCOC(=O)CCCSSCCNC(=O)CCC(c1ccccc1)(c1ccccc1)c1ccccc1)OCC(C)OCC(C)OCCOCCOC(=O)CCCSSCCNC(=O)CCC(c1ccccc1)(c1ccccc1)c1ccccc1. The minimum atomic E-state index is -0.461. The first kappa shape index (κ1) is 71.5. The number of ether oxygens (including phenoxy) is 7. The van der Waals surface area contributed by atoms with Crippen LogP contribution in [0, 0.1) is 0 Å². The largest absolute Gasteiger partial charge is 0.463 e. The molecule has 3 unspecified atom stereocenters. The topological polar surface area (TPSA) is 157 Å². The van der Waals surface area contributed by atoms with Gasteiger partial charge in [-0.1, -0.05) is 225 Å². The van der Waals surface area contributed by atoms with Crippen molar-refractivity contribution in [1.82, 2.24) is 10.6 Å². The highest BCUT2D eigenvalue weighted by atomic mass is 33.1. The van der Waals surface area contributed by atoms with Crippen LogP contribution >= 0.6 is 43.2 Å². The smallest absolute Gasteiger partial charge is 0.305 e. The average Bonchev–Trinajstić information content (AvgIpc) is 1.34. The normalized spacial score (nSPS) is 12.6. The maximum absolute atomic E-state index is 13.2. The fourth-order valence-electron chi connectivity index (χ4n) is 10.2. The zero-order chi connectivity index (χ0) is 62.2. The first-order valence-electron chi connectivity index (χ1n) is 30.8. The van der Waals surface area contributed by atoms with Gasteiger partial charge in [0, 0.05) is 72.6 Å². The fourth-order valence-corrected chi connectivity index (χ4v) is 14.2. The Hall–Kier alpha value is -5.60. The monoisotopic (exact) mass is 1270 g/mol. The molecule has 0 aliphatic rings. The highest BCUT2D eigenvalue weighted by molar-refractivity contribution is 8.77. The summed E-state index contributed by atoms with van der Waals surface area (Å²) in [6.45, 7) is 9.80. The number of nitrogens with one attached hydrogen (secondary N) is 2. The van der Waals surface area contributed by atoms with Crippen molar-refractivity contribution in [3.63, 3.8) is 0 Å². The molecule has 0 saturated heterocycles. The van der Waals surface area contributed by atoms with Crippen LogP contribution in [0.2, 0.25) is 0 Å². The Bertz CT molecular complexity index is 2640. The molecule has 3 atom stereocenters. The van der Waals surface area contributed by atoms with Crippen LogP contribution in [0.15, 0.2) is 182 Å². The van der Waals surface area contributed by atoms with Crippen molar-refractivity contribution in [3.8, 4) is 0 Å². The molecule has 0 aromatic heterocycles. The van der Waals surface area contributed by atoms with Crippen molar-refractivity contribution in [2.45, 2.75) is 101 Å². The fraction of sp³-hybridized carbons (Fsp3) is 0.437. The van der Waals surface area contributed by atoms with Crippen LogP contribution < -0.4 is 10.6 Å². The van der Waals surface area contributed by atoms with E-state index in [1.54, 1.807) is 43.2 Å². The maximum atomic E-state index is 13.2. The van der Waals surface area contributed by atoms with E-state index in [0.29, 0.717) is 104 Å². The van der Waals surface area contributed by atoms with Crippen LogP contribution in [0.4, 0.5) is 0 Å². The first-order valence-corrected chi connectivity index (χ1v) is 35.7. The summed E-state index contributed by atoms with van der Waals surface area (Å²) >= 11 is 0. The summed E-state index contributed by atoms with van der Waals surface area (Å²) in [4.78, 5) is 50.9. The molecule has 6 aromatic carbocycles. The van der Waals surface area contributed by atoms with Gasteiger partial charge in [-0.3, -0.25) is 19.2 Å². The van der Waals surface area contributed by atoms with Crippen LogP contribution in [0.1, 0.15) is 106 Å². The van der Waals surface area contributed by atoms with E-state index in [-0.39, 0.29) is 61.9 Å². The predicted molar refractivity (Wildman–Crippen MR) is 361 cm³/mol. The standard InChI is InChI=1S/C71H90N2O11S4/c1-57(54-79-46-49-82-69(77)37-23-51-86-88-53-43-73-67(75)39-41-71(63-30-16-7-17-31-63,64-32-18-8-19-33-64)65-34-20-9-21-35-65)83-56-59(3)84-55-58(2)80-47-44-78-45-48-81-68(76)36-22-50-85-87-52-42-72-66(74)38-40-70(60-24-10-4-11-25-60,61-26-12-5-13-27-61)62-28-14-6-15-29-62/h4-21,24-35,57-59H,22-23,36-56H2,1-3H3,(H,72,74)(H,73,75). The molecule has 13 nitrogen and oxygen atoms in total. The van der Waals surface area contributed by atoms with Crippen molar-refractivity contribution in [1.29, 1.82) is 0 Å². The maximum Gasteiger partial charge on any atom is 0.305 e. The summed E-state index contributed by atoms with van der Waals surface area (Å²) < 4.78 is 39.6. The van der Waals surface area contributed by atoms with Gasteiger partial charge in [-0.15, -0.1) is 0 Å². The third-order valence-electron chi connectivity index (χ3n) is 14.6. The summed E-state index contributed by atoms with van der Waals surface area (Å²) in [7, 11) is 6.77. The molecule has 474 valence electrons. The summed E-state index contributed by atoms with van der Waals surface area (Å²) in [5.74, 6) is 2.72. The van der Waals surface area contributed by atoms with E-state index in [1.165, 1.54) is 0 Å². The Morgan fingerprint density at radius 1 is 0.364 bits per heavy atom. The lowest BCUT2D eigenvalue weighted by Gasteiger charge is -2.36. The van der Waals surface area contributed by atoms with Gasteiger partial charge in [-0.2, -0.15) is 0 Å². The molecule has 6 aromatic rings. The quantitative estimate of drug-likeness (QED) is 0.0161.